The van der Waals surface area contributed by atoms with Crippen LogP contribution in [0.15, 0.2) is 48.5 Å². The van der Waals surface area contributed by atoms with Gasteiger partial charge in [-0.25, -0.2) is 9.69 Å². The fourth-order valence-electron chi connectivity index (χ4n) is 14.5. The molecule has 0 aromatic heterocycles. The molecule has 2 aliphatic heterocycles. The standard InChI is InChI=1S/C56H74N2O8/c1-33(2)11-10-12-35(4)42-22-23-47-44(42)24-25-45-43-21-19-40(31-37(43)16-20-46(45)47)66-39-17-13-36(14-18-39)15-26-48(59)65-28-9-7-6-8-27-64-41-30-34(3)29-38(32-41)58-55(62)51-49-50(52(51)56(58)63)54(61)57(5)53(49)60/h13-15,17-18,26,29-30,32-33,35,37,40,42-47,49-52H,6-12,16,19-25,27-28,31H2,1-5H3/b26-15+. The number of aryl methyl sites for hydroxylation is 1. The van der Waals surface area contributed by atoms with Gasteiger partial charge in [-0.3, -0.25) is 24.1 Å². The molecule has 5 saturated carbocycles. The van der Waals surface area contributed by atoms with Crippen molar-refractivity contribution in [2.75, 3.05) is 25.2 Å². The Labute approximate surface area is 392 Å². The first-order valence-electron chi connectivity index (χ1n) is 25.9. The van der Waals surface area contributed by atoms with Gasteiger partial charge in [0.2, 0.25) is 23.6 Å². The Morgan fingerprint density at radius 2 is 1.29 bits per heavy atom. The van der Waals surface area contributed by atoms with Crippen LogP contribution in [0.4, 0.5) is 5.69 Å². The molecule has 13 unspecified atom stereocenters. The number of hydrogen-bond acceptors (Lipinski definition) is 8. The first-order chi connectivity index (χ1) is 31.9. The molecule has 66 heavy (non-hydrogen) atoms. The van der Waals surface area contributed by atoms with Crippen LogP contribution >= 0.6 is 0 Å². The van der Waals surface area contributed by atoms with Crippen LogP contribution in [0, 0.1) is 83.9 Å². The largest absolute Gasteiger partial charge is 0.494 e. The molecule has 0 spiro atoms. The van der Waals surface area contributed by atoms with Crippen LogP contribution in [0.5, 0.6) is 11.5 Å². The van der Waals surface area contributed by atoms with Crippen LogP contribution in [0.1, 0.15) is 135 Å². The predicted molar refractivity (Wildman–Crippen MR) is 254 cm³/mol. The van der Waals surface area contributed by atoms with Gasteiger partial charge in [-0.15, -0.1) is 0 Å². The first kappa shape index (κ1) is 46.6. The van der Waals surface area contributed by atoms with Crippen molar-refractivity contribution in [3.8, 4) is 11.5 Å². The first-order valence-corrected chi connectivity index (χ1v) is 25.9. The smallest absolute Gasteiger partial charge is 0.330 e. The normalized spacial score (nSPS) is 32.8. The highest BCUT2D eigenvalue weighted by molar-refractivity contribution is 6.27. The van der Waals surface area contributed by atoms with Gasteiger partial charge in [0.15, 0.2) is 0 Å². The zero-order valence-corrected chi connectivity index (χ0v) is 40.2. The molecule has 9 rings (SSSR count). The lowest BCUT2D eigenvalue weighted by molar-refractivity contribution is -0.146. The fourth-order valence-corrected chi connectivity index (χ4v) is 14.5. The van der Waals surface area contributed by atoms with Crippen molar-refractivity contribution in [1.29, 1.82) is 0 Å². The van der Waals surface area contributed by atoms with Crippen LogP contribution < -0.4 is 14.4 Å². The monoisotopic (exact) mass is 903 g/mol. The summed E-state index contributed by atoms with van der Waals surface area (Å²) in [6.45, 7) is 9.97. The molecule has 10 nitrogen and oxygen atoms in total. The van der Waals surface area contributed by atoms with Crippen molar-refractivity contribution in [2.24, 2.45) is 76.9 Å². The number of nitrogens with zero attached hydrogens (tertiary/aromatic N) is 2. The molecular formula is C56H74N2O8. The molecule has 0 N–H and O–H groups in total. The average Bonchev–Trinajstić information content (AvgIpc) is 3.87. The predicted octanol–water partition coefficient (Wildman–Crippen LogP) is 10.6. The molecule has 2 saturated heterocycles. The Balaban J connectivity index is 0.644. The number of imide groups is 2. The maximum absolute atomic E-state index is 13.4. The second kappa shape index (κ2) is 20.0. The number of carbonyl (C=O) groups is 5. The third-order valence-electron chi connectivity index (χ3n) is 17.7. The minimum absolute atomic E-state index is 0.289. The number of ether oxygens (including phenoxy) is 3. The van der Waals surface area contributed by atoms with Crippen LogP contribution in [-0.2, 0) is 28.7 Å². The van der Waals surface area contributed by atoms with Gasteiger partial charge >= 0.3 is 5.97 Å². The minimum Gasteiger partial charge on any atom is -0.494 e. The molecule has 356 valence electrons. The van der Waals surface area contributed by atoms with E-state index in [0.717, 1.165) is 112 Å². The molecule has 4 amide bonds. The second-order valence-electron chi connectivity index (χ2n) is 22.0. The van der Waals surface area contributed by atoms with Gasteiger partial charge in [0, 0.05) is 19.2 Å². The summed E-state index contributed by atoms with van der Waals surface area (Å²) < 4.78 is 18.1. The number of hydrogen-bond donors (Lipinski definition) is 0. The summed E-state index contributed by atoms with van der Waals surface area (Å²) in [5, 5.41) is 0. The molecule has 0 bridgehead atoms. The van der Waals surface area contributed by atoms with E-state index in [1.807, 2.05) is 37.3 Å². The number of esters is 1. The van der Waals surface area contributed by atoms with Gasteiger partial charge < -0.3 is 14.2 Å². The Bertz CT molecular complexity index is 2110. The van der Waals surface area contributed by atoms with Crippen LogP contribution in [0.2, 0.25) is 0 Å². The Morgan fingerprint density at radius 1 is 0.667 bits per heavy atom. The highest BCUT2D eigenvalue weighted by Gasteiger charge is 2.73. The van der Waals surface area contributed by atoms with Crippen molar-refractivity contribution < 1.29 is 38.2 Å². The third-order valence-corrected chi connectivity index (χ3v) is 17.7. The number of benzene rings is 2. The number of amides is 4. The molecule has 13 atom stereocenters. The Hall–Kier alpha value is -4.47. The molecule has 2 aromatic carbocycles. The van der Waals surface area contributed by atoms with E-state index in [2.05, 4.69) is 20.8 Å². The maximum Gasteiger partial charge on any atom is 0.330 e. The van der Waals surface area contributed by atoms with E-state index < -0.39 is 35.5 Å². The van der Waals surface area contributed by atoms with Gasteiger partial charge in [-0.05, 0) is 185 Å². The van der Waals surface area contributed by atoms with Crippen molar-refractivity contribution in [2.45, 2.75) is 137 Å². The van der Waals surface area contributed by atoms with Crippen LogP contribution in [0.25, 0.3) is 6.08 Å². The Kier molecular flexibility index (Phi) is 14.1. The zero-order chi connectivity index (χ0) is 46.2. The summed E-state index contributed by atoms with van der Waals surface area (Å²) in [6.07, 6.45) is 23.5. The highest BCUT2D eigenvalue weighted by Crippen LogP contribution is 2.61. The molecule has 0 radical (unpaired) electrons. The molecular weight excluding hydrogens is 829 g/mol. The number of rotatable bonds is 18. The van der Waals surface area contributed by atoms with E-state index >= 15 is 0 Å². The van der Waals surface area contributed by atoms with Crippen molar-refractivity contribution in [1.82, 2.24) is 4.90 Å². The van der Waals surface area contributed by atoms with Gasteiger partial charge in [-0.1, -0.05) is 52.2 Å². The number of anilines is 1. The molecule has 2 heterocycles. The number of unbranched alkanes of at least 4 members (excludes halogenated alkanes) is 3. The lowest BCUT2D eigenvalue weighted by Crippen LogP contribution is -2.50. The second-order valence-corrected chi connectivity index (χ2v) is 22.0. The minimum atomic E-state index is -0.783. The van der Waals surface area contributed by atoms with Gasteiger partial charge in [-0.2, -0.15) is 0 Å². The quantitative estimate of drug-likeness (QED) is 0.0628. The molecule has 7 fully saturated rings. The summed E-state index contributed by atoms with van der Waals surface area (Å²) in [6, 6.07) is 13.4. The van der Waals surface area contributed by atoms with E-state index in [0.29, 0.717) is 24.7 Å². The summed E-state index contributed by atoms with van der Waals surface area (Å²) >= 11 is 0. The van der Waals surface area contributed by atoms with Crippen LogP contribution in [-0.4, -0.2) is 60.9 Å². The summed E-state index contributed by atoms with van der Waals surface area (Å²) in [4.78, 5) is 66.5. The van der Waals surface area contributed by atoms with Gasteiger partial charge in [0.25, 0.3) is 0 Å². The van der Waals surface area contributed by atoms with Crippen molar-refractivity contribution >= 4 is 41.4 Å². The topological polar surface area (TPSA) is 120 Å². The van der Waals surface area contributed by atoms with Gasteiger partial charge in [0.1, 0.15) is 11.5 Å². The number of likely N-dealkylation sites (tertiary alicyclic amines) is 1. The molecule has 5 aliphatic carbocycles. The molecule has 10 heteroatoms. The highest BCUT2D eigenvalue weighted by atomic mass is 16.5. The average molecular weight is 903 g/mol. The molecule has 7 aliphatic rings. The van der Waals surface area contributed by atoms with E-state index in [1.54, 1.807) is 18.2 Å². The number of fused-ring (bicyclic) bond motifs is 9. The zero-order valence-electron chi connectivity index (χ0n) is 40.2. The lowest BCUT2D eigenvalue weighted by Gasteiger charge is -2.53. The third kappa shape index (κ3) is 9.37. The van der Waals surface area contributed by atoms with Gasteiger partial charge in [0.05, 0.1) is 48.7 Å². The number of carbonyl (C=O) groups excluding carboxylic acids is 5. The maximum atomic E-state index is 13.4. The van der Waals surface area contributed by atoms with Crippen LogP contribution in [0.3, 0.4) is 0 Å². The fraction of sp³-hybridized carbons (Fsp3) is 0.661. The summed E-state index contributed by atoms with van der Waals surface area (Å²) in [7, 11) is 1.41. The van der Waals surface area contributed by atoms with E-state index in [9.17, 15) is 24.0 Å². The Morgan fingerprint density at radius 3 is 2.02 bits per heavy atom. The lowest BCUT2D eigenvalue weighted by atomic mass is 9.53. The molecule has 2 aromatic rings. The van der Waals surface area contributed by atoms with E-state index in [1.165, 1.54) is 83.8 Å². The SMILES string of the molecule is Cc1cc(OCCCCCCOC(=O)/C=C/c2ccc(OC3CCC4C(CCC5C4CCC4C(C(C)CCCC(C)C)CCC45)C3)cc2)cc(N2C(=O)C3C4C(=O)N(C)C(=O)C4C3C2=O)c1. The summed E-state index contributed by atoms with van der Waals surface area (Å²) in [5.41, 5.74) is 2.16. The van der Waals surface area contributed by atoms with E-state index in [-0.39, 0.29) is 23.9 Å². The van der Waals surface area contributed by atoms with Crippen molar-refractivity contribution in [3.63, 3.8) is 0 Å². The summed E-state index contributed by atoms with van der Waals surface area (Å²) in [5.74, 6) is 4.77. The van der Waals surface area contributed by atoms with Crippen molar-refractivity contribution in [3.05, 3.63) is 59.7 Å². The van der Waals surface area contributed by atoms with E-state index in [4.69, 9.17) is 14.2 Å².